The van der Waals surface area contributed by atoms with Gasteiger partial charge in [0.2, 0.25) is 0 Å². The number of hydrogen-bond acceptors (Lipinski definition) is 2. The van der Waals surface area contributed by atoms with E-state index >= 15 is 0 Å². The third-order valence-corrected chi connectivity index (χ3v) is 3.89. The summed E-state index contributed by atoms with van der Waals surface area (Å²) in [5, 5.41) is 0.704. The molecule has 1 unspecified atom stereocenters. The monoisotopic (exact) mass is 416 g/mol. The molecule has 1 aromatic carbocycles. The first-order chi connectivity index (χ1) is 7.54. The summed E-state index contributed by atoms with van der Waals surface area (Å²) in [6.45, 7) is 2.20. The highest BCUT2D eigenvalue weighted by atomic mass is 127. The lowest BCUT2D eigenvalue weighted by molar-refractivity contribution is -0.142. The second-order valence-corrected chi connectivity index (χ2v) is 5.86. The first-order valence-electron chi connectivity index (χ1n) is 4.79. The third kappa shape index (κ3) is 4.22. The van der Waals surface area contributed by atoms with Crippen LogP contribution in [-0.4, -0.2) is 17.4 Å². The molecule has 0 radical (unpaired) electrons. The first kappa shape index (κ1) is 14.3. The van der Waals surface area contributed by atoms with Crippen molar-refractivity contribution in [1.82, 2.24) is 0 Å². The Morgan fingerprint density at radius 1 is 1.62 bits per heavy atom. The summed E-state index contributed by atoms with van der Waals surface area (Å²) in [5.41, 5.74) is 1.08. The Morgan fingerprint density at radius 2 is 2.31 bits per heavy atom. The predicted octanol–water partition coefficient (Wildman–Crippen LogP) is 3.81. The lowest BCUT2D eigenvalue weighted by Gasteiger charge is -2.10. The van der Waals surface area contributed by atoms with Gasteiger partial charge in [-0.25, -0.2) is 0 Å². The van der Waals surface area contributed by atoms with Gasteiger partial charge in [0.1, 0.15) is 4.83 Å². The zero-order valence-corrected chi connectivity index (χ0v) is 13.2. The van der Waals surface area contributed by atoms with Crippen molar-refractivity contribution in [2.45, 2.75) is 18.2 Å². The molecule has 0 N–H and O–H groups in total. The second kappa shape index (κ2) is 6.81. The van der Waals surface area contributed by atoms with Crippen molar-refractivity contribution in [2.24, 2.45) is 0 Å². The smallest absolute Gasteiger partial charge is 0.320 e. The molecule has 0 aliphatic carbocycles. The van der Waals surface area contributed by atoms with Crippen molar-refractivity contribution < 1.29 is 9.53 Å². The van der Waals surface area contributed by atoms with E-state index < -0.39 is 0 Å². The van der Waals surface area contributed by atoms with E-state index in [0.29, 0.717) is 18.1 Å². The fourth-order valence-electron chi connectivity index (χ4n) is 1.20. The molecule has 0 aliphatic heterocycles. The number of halogens is 3. The van der Waals surface area contributed by atoms with Crippen molar-refractivity contribution in [1.29, 1.82) is 0 Å². The Hall–Kier alpha value is 0.190. The van der Waals surface area contributed by atoms with E-state index in [0.717, 1.165) is 9.13 Å². The molecule has 0 aliphatic rings. The molecule has 5 heteroatoms. The zero-order valence-electron chi connectivity index (χ0n) is 8.67. The minimum Gasteiger partial charge on any atom is -0.465 e. The SMILES string of the molecule is CCOC(=O)C(Br)Cc1ccc(Cl)cc1I. The molecule has 0 bridgehead atoms. The van der Waals surface area contributed by atoms with Crippen LogP contribution in [0.25, 0.3) is 0 Å². The largest absolute Gasteiger partial charge is 0.465 e. The molecule has 88 valence electrons. The molecular weight excluding hydrogens is 406 g/mol. The van der Waals surface area contributed by atoms with Gasteiger partial charge in [0.15, 0.2) is 0 Å². The summed E-state index contributed by atoms with van der Waals surface area (Å²) >= 11 is 11.4. The molecule has 0 saturated carbocycles. The average Bonchev–Trinajstić information content (AvgIpc) is 2.22. The minimum absolute atomic E-state index is 0.228. The predicted molar refractivity (Wildman–Crippen MR) is 77.2 cm³/mol. The number of carbonyl (C=O) groups excluding carboxylic acids is 1. The zero-order chi connectivity index (χ0) is 12.1. The van der Waals surface area contributed by atoms with Gasteiger partial charge >= 0.3 is 5.97 Å². The Labute approximate surface area is 122 Å². The molecule has 0 spiro atoms. The normalized spacial score (nSPS) is 12.2. The molecule has 1 atom stereocenters. The van der Waals surface area contributed by atoms with Crippen LogP contribution in [0.1, 0.15) is 12.5 Å². The fraction of sp³-hybridized carbons (Fsp3) is 0.364. The van der Waals surface area contributed by atoms with Crippen molar-refractivity contribution in [2.75, 3.05) is 6.61 Å². The molecule has 16 heavy (non-hydrogen) atoms. The van der Waals surface area contributed by atoms with Crippen LogP contribution in [0.15, 0.2) is 18.2 Å². The van der Waals surface area contributed by atoms with Gasteiger partial charge in [-0.2, -0.15) is 0 Å². The van der Waals surface area contributed by atoms with Crippen LogP contribution in [-0.2, 0) is 16.0 Å². The third-order valence-electron chi connectivity index (χ3n) is 1.96. The quantitative estimate of drug-likeness (QED) is 0.423. The molecule has 0 saturated heterocycles. The Bertz CT molecular complexity index is 384. The highest BCUT2D eigenvalue weighted by Crippen LogP contribution is 2.21. The highest BCUT2D eigenvalue weighted by Gasteiger charge is 2.17. The topological polar surface area (TPSA) is 26.3 Å². The van der Waals surface area contributed by atoms with Crippen LogP contribution in [0.3, 0.4) is 0 Å². The van der Waals surface area contributed by atoms with E-state index in [1.807, 2.05) is 18.2 Å². The maximum atomic E-state index is 11.4. The van der Waals surface area contributed by atoms with E-state index in [9.17, 15) is 4.79 Å². The summed E-state index contributed by atoms with van der Waals surface area (Å²) in [6, 6.07) is 5.63. The summed E-state index contributed by atoms with van der Waals surface area (Å²) in [4.78, 5) is 11.1. The molecule has 2 nitrogen and oxygen atoms in total. The summed E-state index contributed by atoms with van der Waals surface area (Å²) < 4.78 is 5.98. The number of carbonyl (C=O) groups is 1. The molecule has 1 rings (SSSR count). The van der Waals surface area contributed by atoms with Gasteiger partial charge in [0.25, 0.3) is 0 Å². The van der Waals surface area contributed by atoms with Crippen LogP contribution >= 0.6 is 50.1 Å². The Kier molecular flexibility index (Phi) is 6.07. The van der Waals surface area contributed by atoms with Crippen molar-refractivity contribution in [3.05, 3.63) is 32.4 Å². The van der Waals surface area contributed by atoms with E-state index in [-0.39, 0.29) is 10.8 Å². The number of ether oxygens (including phenoxy) is 1. The van der Waals surface area contributed by atoms with Gasteiger partial charge in [-0.3, -0.25) is 4.79 Å². The first-order valence-corrected chi connectivity index (χ1v) is 7.16. The fourth-order valence-corrected chi connectivity index (χ4v) is 2.77. The molecular formula is C11H11BrClIO2. The van der Waals surface area contributed by atoms with Crippen molar-refractivity contribution in [3.63, 3.8) is 0 Å². The van der Waals surface area contributed by atoms with E-state index in [2.05, 4.69) is 38.5 Å². The van der Waals surface area contributed by atoms with Crippen molar-refractivity contribution in [3.8, 4) is 0 Å². The maximum absolute atomic E-state index is 11.4. The van der Waals surface area contributed by atoms with Crippen molar-refractivity contribution >= 4 is 56.1 Å². The number of rotatable bonds is 4. The summed E-state index contributed by atoms with van der Waals surface area (Å²) in [7, 11) is 0. The van der Waals surface area contributed by atoms with Crippen LogP contribution in [0, 0.1) is 3.57 Å². The number of benzene rings is 1. The summed E-state index contributed by atoms with van der Waals surface area (Å²) in [6.07, 6.45) is 0.605. The second-order valence-electron chi connectivity index (χ2n) is 3.16. The van der Waals surface area contributed by atoms with Gasteiger partial charge in [0, 0.05) is 8.59 Å². The van der Waals surface area contributed by atoms with Crippen LogP contribution in [0.4, 0.5) is 0 Å². The number of esters is 1. The number of alkyl halides is 1. The highest BCUT2D eigenvalue weighted by molar-refractivity contribution is 14.1. The Balaban J connectivity index is 2.69. The molecule has 0 heterocycles. The van der Waals surface area contributed by atoms with Gasteiger partial charge in [0.05, 0.1) is 6.61 Å². The maximum Gasteiger partial charge on any atom is 0.320 e. The van der Waals surface area contributed by atoms with E-state index in [4.69, 9.17) is 16.3 Å². The van der Waals surface area contributed by atoms with Gasteiger partial charge in [-0.1, -0.05) is 33.6 Å². The van der Waals surface area contributed by atoms with Gasteiger partial charge < -0.3 is 4.74 Å². The molecule has 0 amide bonds. The van der Waals surface area contributed by atoms with Gasteiger partial charge in [-0.15, -0.1) is 0 Å². The average molecular weight is 417 g/mol. The lowest BCUT2D eigenvalue weighted by atomic mass is 10.1. The van der Waals surface area contributed by atoms with Crippen LogP contribution in [0.5, 0.6) is 0 Å². The summed E-state index contributed by atoms with van der Waals surface area (Å²) in [5.74, 6) is -0.228. The standard InChI is InChI=1S/C11H11BrClIO2/c1-2-16-11(15)9(12)5-7-3-4-8(13)6-10(7)14/h3-4,6,9H,2,5H2,1H3. The Morgan fingerprint density at radius 3 is 2.88 bits per heavy atom. The lowest BCUT2D eigenvalue weighted by Crippen LogP contribution is -2.20. The molecule has 0 fully saturated rings. The van der Waals surface area contributed by atoms with Gasteiger partial charge in [-0.05, 0) is 53.6 Å². The molecule has 1 aromatic rings. The van der Waals surface area contributed by atoms with Crippen LogP contribution in [0.2, 0.25) is 5.02 Å². The van der Waals surface area contributed by atoms with Crippen LogP contribution < -0.4 is 0 Å². The van der Waals surface area contributed by atoms with E-state index in [1.165, 1.54) is 0 Å². The number of hydrogen-bond donors (Lipinski definition) is 0. The van der Waals surface area contributed by atoms with E-state index in [1.54, 1.807) is 6.92 Å². The minimum atomic E-state index is -0.304. The molecule has 0 aromatic heterocycles.